The first-order chi connectivity index (χ1) is 16.2. The predicted molar refractivity (Wildman–Crippen MR) is 142 cm³/mol. The van der Waals surface area contributed by atoms with Crippen LogP contribution in [0.1, 0.15) is 42.3 Å². The van der Waals surface area contributed by atoms with Crippen molar-refractivity contribution in [2.75, 3.05) is 0 Å². The van der Waals surface area contributed by atoms with E-state index in [-0.39, 0.29) is 6.17 Å². The van der Waals surface area contributed by atoms with Gasteiger partial charge < -0.3 is 14.9 Å². The maximum absolute atomic E-state index is 6.12. The summed E-state index contributed by atoms with van der Waals surface area (Å²) >= 11 is 0. The van der Waals surface area contributed by atoms with Crippen LogP contribution in [-0.4, -0.2) is 22.0 Å². The first kappa shape index (κ1) is 20.0. The van der Waals surface area contributed by atoms with Gasteiger partial charge in [-0.2, -0.15) is 0 Å². The highest BCUT2D eigenvalue weighted by Gasteiger charge is 2.27. The average molecular weight is 433 g/mol. The number of benzene rings is 1. The van der Waals surface area contributed by atoms with Crippen molar-refractivity contribution in [3.8, 4) is 0 Å². The number of aromatic nitrogens is 2. The van der Waals surface area contributed by atoms with E-state index >= 15 is 0 Å². The van der Waals surface area contributed by atoms with E-state index in [1.54, 1.807) is 0 Å². The Morgan fingerprint density at radius 3 is 2.39 bits per heavy atom. The molecule has 2 heterocycles. The average Bonchev–Trinajstić information content (AvgIpc) is 3.60. The Morgan fingerprint density at radius 1 is 0.970 bits per heavy atom. The Balaban J connectivity index is 1.68. The zero-order chi connectivity index (χ0) is 22.5. The molecule has 2 N–H and O–H groups in total. The first-order valence-corrected chi connectivity index (χ1v) is 11.7. The van der Waals surface area contributed by atoms with Gasteiger partial charge in [0.25, 0.3) is 0 Å². The fourth-order valence-electron chi connectivity index (χ4n) is 5.59. The molecule has 0 saturated heterocycles. The van der Waals surface area contributed by atoms with Gasteiger partial charge in [-0.1, -0.05) is 42.5 Å². The molecular weight excluding hydrogens is 404 g/mol. The summed E-state index contributed by atoms with van der Waals surface area (Å²) in [6, 6.07) is 4.66. The lowest BCUT2D eigenvalue weighted by Gasteiger charge is -2.20. The summed E-state index contributed by atoms with van der Waals surface area (Å²) in [5, 5.41) is 2.70. The summed E-state index contributed by atoms with van der Waals surface area (Å²) in [5.41, 5.74) is 16.6. The van der Waals surface area contributed by atoms with Gasteiger partial charge in [-0.3, -0.25) is 4.99 Å². The molecule has 33 heavy (non-hydrogen) atoms. The molecule has 0 amide bonds. The summed E-state index contributed by atoms with van der Waals surface area (Å²) in [5.74, 6) is 0. The van der Waals surface area contributed by atoms with Gasteiger partial charge in [0.1, 0.15) is 6.17 Å². The lowest BCUT2D eigenvalue weighted by Crippen LogP contribution is -2.21. The quantitative estimate of drug-likeness (QED) is 0.372. The number of fused-ring (bicyclic) bond motifs is 7. The Hall–Kier alpha value is -3.63. The van der Waals surface area contributed by atoms with Crippen LogP contribution in [0.2, 0.25) is 0 Å². The Bertz CT molecular complexity index is 1490. The maximum Gasteiger partial charge on any atom is 0.118 e. The van der Waals surface area contributed by atoms with Crippen LogP contribution in [0.4, 0.5) is 0 Å². The number of hydrogen-bond donors (Lipinski definition) is 1. The van der Waals surface area contributed by atoms with Gasteiger partial charge in [0.15, 0.2) is 0 Å². The molecule has 4 heteroatoms. The van der Waals surface area contributed by atoms with Gasteiger partial charge in [-0.05, 0) is 80.3 Å². The number of nitrogens with two attached hydrogens (primary N) is 1. The highest BCUT2D eigenvalue weighted by Crippen LogP contribution is 2.43. The molecule has 2 aromatic heterocycles. The Morgan fingerprint density at radius 2 is 1.70 bits per heavy atom. The van der Waals surface area contributed by atoms with Crippen LogP contribution < -0.4 is 5.73 Å². The number of rotatable bonds is 5. The van der Waals surface area contributed by atoms with Gasteiger partial charge in [0.2, 0.25) is 0 Å². The molecule has 0 radical (unpaired) electrons. The van der Waals surface area contributed by atoms with E-state index in [4.69, 9.17) is 5.73 Å². The van der Waals surface area contributed by atoms with Gasteiger partial charge in [0, 0.05) is 34.1 Å². The van der Waals surface area contributed by atoms with Gasteiger partial charge in [0.05, 0.1) is 11.0 Å². The molecule has 164 valence electrons. The van der Waals surface area contributed by atoms with Crippen molar-refractivity contribution in [3.63, 3.8) is 0 Å². The molecule has 3 aromatic rings. The number of aliphatic imine (C=N–C) groups is 1. The molecule has 0 bridgehead atoms. The summed E-state index contributed by atoms with van der Waals surface area (Å²) in [6.45, 7) is 5.67. The molecule has 0 spiro atoms. The lowest BCUT2D eigenvalue weighted by molar-refractivity contribution is 0.754. The van der Waals surface area contributed by atoms with Gasteiger partial charge in [-0.15, -0.1) is 0 Å². The minimum atomic E-state index is -0.315. The van der Waals surface area contributed by atoms with Crippen molar-refractivity contribution < 1.29 is 0 Å². The monoisotopic (exact) mass is 432 g/mol. The van der Waals surface area contributed by atoms with E-state index in [9.17, 15) is 0 Å². The number of allylic oxidation sites excluding steroid dienone is 8. The first-order valence-electron chi connectivity index (χ1n) is 11.7. The van der Waals surface area contributed by atoms with Crippen LogP contribution in [0.5, 0.6) is 0 Å². The van der Waals surface area contributed by atoms with Crippen molar-refractivity contribution >= 4 is 52.6 Å². The highest BCUT2D eigenvalue weighted by atomic mass is 15.1. The molecule has 3 aliphatic rings. The molecule has 0 aliphatic heterocycles. The van der Waals surface area contributed by atoms with Crippen LogP contribution in [0.15, 0.2) is 65.2 Å². The molecule has 3 aliphatic carbocycles. The summed E-state index contributed by atoms with van der Waals surface area (Å²) in [6.07, 6.45) is 25.5. The minimum absolute atomic E-state index is 0.315. The third-order valence-corrected chi connectivity index (χ3v) is 7.14. The van der Waals surface area contributed by atoms with Gasteiger partial charge in [-0.25, -0.2) is 0 Å². The SMILES string of the molecule is C=NC(N)C1=CC=C(n2c3c(c4ccc5c6c(n(/C=C\C=C/C)c5c42)C=CC6)CC=C3)CC1. The molecule has 0 fully saturated rings. The lowest BCUT2D eigenvalue weighted by atomic mass is 10.00. The maximum atomic E-state index is 6.12. The molecule has 0 saturated carbocycles. The Labute approximate surface area is 194 Å². The van der Waals surface area contributed by atoms with Crippen molar-refractivity contribution in [3.05, 3.63) is 82.8 Å². The van der Waals surface area contributed by atoms with Crippen LogP contribution in [0, 0.1) is 0 Å². The van der Waals surface area contributed by atoms with E-state index in [0.717, 1.165) is 31.3 Å². The largest absolute Gasteiger partial charge is 0.314 e. The van der Waals surface area contributed by atoms with Crippen LogP contribution in [-0.2, 0) is 12.8 Å². The zero-order valence-electron chi connectivity index (χ0n) is 19.0. The van der Waals surface area contributed by atoms with E-state index < -0.39 is 0 Å². The Kier molecular flexibility index (Phi) is 4.70. The third kappa shape index (κ3) is 2.91. The molecule has 6 rings (SSSR count). The number of nitrogens with zero attached hydrogens (tertiary/aromatic N) is 3. The van der Waals surface area contributed by atoms with Crippen LogP contribution in [0.25, 0.3) is 45.9 Å². The number of hydrogen-bond acceptors (Lipinski definition) is 2. The zero-order valence-corrected chi connectivity index (χ0v) is 19.0. The molecular formula is C29H28N4. The van der Waals surface area contributed by atoms with Crippen molar-refractivity contribution in [1.29, 1.82) is 0 Å². The smallest absolute Gasteiger partial charge is 0.118 e. The third-order valence-electron chi connectivity index (χ3n) is 7.14. The summed E-state index contributed by atoms with van der Waals surface area (Å²) in [4.78, 5) is 4.01. The van der Waals surface area contributed by atoms with E-state index in [0.29, 0.717) is 0 Å². The van der Waals surface area contributed by atoms with Gasteiger partial charge >= 0.3 is 0 Å². The van der Waals surface area contributed by atoms with E-state index in [1.165, 1.54) is 50.0 Å². The standard InChI is InChI=1S/C29H28N4/c1-3-4-5-18-32-25-10-6-8-21(25)23-16-17-24-22-9-7-11-26(22)33(28(24)27(23)32)20-14-12-19(13-15-20)29(30)31-2/h3-7,10-12,14,16-18,29H,2,8-9,13,15,30H2,1H3/b4-3-,18-5-. The topological polar surface area (TPSA) is 48.2 Å². The predicted octanol–water partition coefficient (Wildman–Crippen LogP) is 6.33. The van der Waals surface area contributed by atoms with Crippen LogP contribution >= 0.6 is 0 Å². The second kappa shape index (κ2) is 7.75. The molecule has 1 aromatic carbocycles. The van der Waals surface area contributed by atoms with E-state index in [1.807, 2.05) is 6.92 Å². The fraction of sp³-hybridized carbons (Fsp3) is 0.207. The fourth-order valence-corrected chi connectivity index (χ4v) is 5.59. The second-order valence-electron chi connectivity index (χ2n) is 8.90. The minimum Gasteiger partial charge on any atom is -0.314 e. The van der Waals surface area contributed by atoms with Crippen molar-refractivity contribution in [1.82, 2.24) is 9.13 Å². The second-order valence-corrected chi connectivity index (χ2v) is 8.90. The summed E-state index contributed by atoms with van der Waals surface area (Å²) < 4.78 is 4.88. The van der Waals surface area contributed by atoms with Crippen molar-refractivity contribution in [2.24, 2.45) is 10.7 Å². The molecule has 4 nitrogen and oxygen atoms in total. The molecule has 1 unspecified atom stereocenters. The normalized spacial score (nSPS) is 18.0. The van der Waals surface area contributed by atoms with Crippen LogP contribution in [0.3, 0.4) is 0 Å². The molecule has 1 atom stereocenters. The highest BCUT2D eigenvalue weighted by molar-refractivity contribution is 6.12. The van der Waals surface area contributed by atoms with E-state index in [2.05, 4.69) is 93.9 Å². The summed E-state index contributed by atoms with van der Waals surface area (Å²) in [7, 11) is 0. The van der Waals surface area contributed by atoms with Crippen molar-refractivity contribution in [2.45, 2.75) is 38.8 Å².